The van der Waals surface area contributed by atoms with Crippen LogP contribution in [-0.4, -0.2) is 9.13 Å². The molecule has 0 amide bonds. The van der Waals surface area contributed by atoms with E-state index < -0.39 is 0 Å². The Balaban J connectivity index is 1.08. The highest BCUT2D eigenvalue weighted by Gasteiger charge is 2.21. The number of hydrogen-bond acceptors (Lipinski definition) is 2. The molecule has 12 rings (SSSR count). The van der Waals surface area contributed by atoms with Gasteiger partial charge in [0.15, 0.2) is 0 Å². The highest BCUT2D eigenvalue weighted by atomic mass is 16.3. The maximum absolute atomic E-state index is 6.56. The summed E-state index contributed by atoms with van der Waals surface area (Å²) >= 11 is 0. The molecule has 0 N–H and O–H groups in total. The third-order valence-corrected chi connectivity index (χ3v) is 11.1. The van der Waals surface area contributed by atoms with E-state index in [1.54, 1.807) is 0 Å². The lowest BCUT2D eigenvalue weighted by Gasteiger charge is -2.09. The first kappa shape index (κ1) is 29.3. The molecule has 0 saturated heterocycles. The van der Waals surface area contributed by atoms with Crippen LogP contribution in [0.3, 0.4) is 0 Å². The van der Waals surface area contributed by atoms with Crippen molar-refractivity contribution in [2.45, 2.75) is 0 Å². The van der Waals surface area contributed by atoms with Crippen molar-refractivity contribution < 1.29 is 8.83 Å². The van der Waals surface area contributed by atoms with Gasteiger partial charge in [-0.25, -0.2) is 0 Å². The monoisotopic (exact) mass is 690 g/mol. The van der Waals surface area contributed by atoms with Gasteiger partial charge in [0, 0.05) is 43.7 Å². The van der Waals surface area contributed by atoms with E-state index >= 15 is 0 Å². The number of rotatable bonds is 4. The standard InChI is InChI=1S/C50H30N2O2/c1-3-11-35(12-4-1)51-43-23-19-31(27-39(43)40-28-32(20-24-44(40)51)34-22-26-48-41(29-34)37-15-7-9-17-46(37)53-48)33-21-25-45-42(30-33)49-38-16-8-10-18-47(38)54-50(49)52(45)36-13-5-2-6-14-36/h1-30H. The van der Waals surface area contributed by atoms with Crippen LogP contribution in [0.4, 0.5) is 0 Å². The van der Waals surface area contributed by atoms with Gasteiger partial charge in [-0.3, -0.25) is 4.57 Å². The summed E-state index contributed by atoms with van der Waals surface area (Å²) in [5, 5.41) is 8.13. The number of hydrogen-bond donors (Lipinski definition) is 0. The van der Waals surface area contributed by atoms with Gasteiger partial charge in [-0.2, -0.15) is 0 Å². The summed E-state index contributed by atoms with van der Waals surface area (Å²) in [5.41, 5.74) is 13.9. The Morgan fingerprint density at radius 2 is 0.741 bits per heavy atom. The fourth-order valence-electron chi connectivity index (χ4n) is 8.65. The zero-order valence-electron chi connectivity index (χ0n) is 29.0. The summed E-state index contributed by atoms with van der Waals surface area (Å²) in [6.45, 7) is 0. The Bertz CT molecular complexity index is 3430. The van der Waals surface area contributed by atoms with E-state index in [4.69, 9.17) is 8.83 Å². The number of para-hydroxylation sites is 4. The molecule has 0 fully saturated rings. The van der Waals surface area contributed by atoms with Gasteiger partial charge < -0.3 is 13.4 Å². The van der Waals surface area contributed by atoms with Gasteiger partial charge in [0.25, 0.3) is 0 Å². The summed E-state index contributed by atoms with van der Waals surface area (Å²) in [4.78, 5) is 0. The second kappa shape index (κ2) is 11.1. The first-order chi connectivity index (χ1) is 26.8. The first-order valence-corrected chi connectivity index (χ1v) is 18.3. The Labute approximate surface area is 309 Å². The van der Waals surface area contributed by atoms with Crippen molar-refractivity contribution in [3.63, 3.8) is 0 Å². The number of aromatic nitrogens is 2. The maximum Gasteiger partial charge on any atom is 0.213 e. The van der Waals surface area contributed by atoms with Crippen molar-refractivity contribution in [1.82, 2.24) is 9.13 Å². The minimum absolute atomic E-state index is 0.866. The van der Waals surface area contributed by atoms with Gasteiger partial charge in [0.2, 0.25) is 5.71 Å². The topological polar surface area (TPSA) is 36.1 Å². The van der Waals surface area contributed by atoms with E-state index in [0.29, 0.717) is 0 Å². The molecular weight excluding hydrogens is 661 g/mol. The SMILES string of the molecule is c1ccc(-n2c3ccc(-c4ccc5oc6ccccc6c5c4)cc3c3cc(-c4ccc5c(c4)c4c6ccccc6oc4n5-c4ccccc4)ccc32)cc1. The van der Waals surface area contributed by atoms with Crippen LogP contribution in [0.1, 0.15) is 0 Å². The lowest BCUT2D eigenvalue weighted by atomic mass is 9.98. The second-order valence-corrected chi connectivity index (χ2v) is 14.1. The summed E-state index contributed by atoms with van der Waals surface area (Å²) in [6, 6.07) is 64.9. The van der Waals surface area contributed by atoms with Crippen molar-refractivity contribution in [2.24, 2.45) is 0 Å². The van der Waals surface area contributed by atoms with Gasteiger partial charge >= 0.3 is 0 Å². The molecule has 0 spiro atoms. The van der Waals surface area contributed by atoms with Crippen LogP contribution in [0.25, 0.3) is 110 Å². The molecule has 0 aliphatic rings. The molecule has 4 aromatic heterocycles. The third kappa shape index (κ3) is 4.19. The molecule has 4 nitrogen and oxygen atoms in total. The van der Waals surface area contributed by atoms with Gasteiger partial charge in [-0.15, -0.1) is 0 Å². The molecule has 54 heavy (non-hydrogen) atoms. The van der Waals surface area contributed by atoms with E-state index in [-0.39, 0.29) is 0 Å². The normalized spacial score (nSPS) is 12.1. The molecule has 4 heteroatoms. The van der Waals surface area contributed by atoms with Crippen LogP contribution in [-0.2, 0) is 0 Å². The van der Waals surface area contributed by atoms with E-state index in [1.807, 2.05) is 18.2 Å². The lowest BCUT2D eigenvalue weighted by Crippen LogP contribution is -1.93. The minimum atomic E-state index is 0.866. The van der Waals surface area contributed by atoms with E-state index in [9.17, 15) is 0 Å². The molecule has 8 aromatic carbocycles. The molecule has 4 heterocycles. The Morgan fingerprint density at radius 1 is 0.296 bits per heavy atom. The van der Waals surface area contributed by atoms with Crippen LogP contribution in [0.5, 0.6) is 0 Å². The average Bonchev–Trinajstić information content (AvgIpc) is 3.97. The molecule has 0 aliphatic carbocycles. The highest BCUT2D eigenvalue weighted by molar-refractivity contribution is 6.21. The summed E-state index contributed by atoms with van der Waals surface area (Å²) < 4.78 is 17.4. The van der Waals surface area contributed by atoms with Gasteiger partial charge in [0.1, 0.15) is 16.7 Å². The van der Waals surface area contributed by atoms with E-state index in [1.165, 1.54) is 38.3 Å². The van der Waals surface area contributed by atoms with Crippen molar-refractivity contribution in [3.05, 3.63) is 182 Å². The molecule has 0 aliphatic heterocycles. The van der Waals surface area contributed by atoms with Crippen molar-refractivity contribution >= 4 is 76.7 Å². The summed E-state index contributed by atoms with van der Waals surface area (Å²) in [5.74, 6) is 0. The van der Waals surface area contributed by atoms with Crippen LogP contribution in [0.15, 0.2) is 191 Å². The van der Waals surface area contributed by atoms with Gasteiger partial charge in [-0.05, 0) is 107 Å². The minimum Gasteiger partial charge on any atom is -0.456 e. The average molecular weight is 691 g/mol. The molecule has 0 atom stereocenters. The molecule has 12 aromatic rings. The van der Waals surface area contributed by atoms with Crippen LogP contribution >= 0.6 is 0 Å². The molecule has 252 valence electrons. The fraction of sp³-hybridized carbons (Fsp3) is 0. The zero-order chi connectivity index (χ0) is 35.3. The Morgan fingerprint density at radius 3 is 1.37 bits per heavy atom. The largest absolute Gasteiger partial charge is 0.456 e. The smallest absolute Gasteiger partial charge is 0.213 e. The predicted octanol–water partition coefficient (Wildman–Crippen LogP) is 13.9. The third-order valence-electron chi connectivity index (χ3n) is 11.1. The van der Waals surface area contributed by atoms with Crippen LogP contribution < -0.4 is 0 Å². The van der Waals surface area contributed by atoms with Crippen molar-refractivity contribution in [2.75, 3.05) is 0 Å². The van der Waals surface area contributed by atoms with Crippen LogP contribution in [0, 0.1) is 0 Å². The molecule has 0 radical (unpaired) electrons. The number of benzene rings is 8. The fourth-order valence-corrected chi connectivity index (χ4v) is 8.65. The highest BCUT2D eigenvalue weighted by Crippen LogP contribution is 2.42. The van der Waals surface area contributed by atoms with Crippen molar-refractivity contribution in [3.8, 4) is 33.6 Å². The summed E-state index contributed by atoms with van der Waals surface area (Å²) in [7, 11) is 0. The van der Waals surface area contributed by atoms with Crippen molar-refractivity contribution in [1.29, 1.82) is 0 Å². The number of furan rings is 2. The second-order valence-electron chi connectivity index (χ2n) is 14.1. The quantitative estimate of drug-likeness (QED) is 0.184. The van der Waals surface area contributed by atoms with E-state index in [2.05, 4.69) is 173 Å². The van der Waals surface area contributed by atoms with Crippen LogP contribution in [0.2, 0.25) is 0 Å². The first-order valence-electron chi connectivity index (χ1n) is 18.3. The number of fused-ring (bicyclic) bond motifs is 11. The summed E-state index contributed by atoms with van der Waals surface area (Å²) in [6.07, 6.45) is 0. The van der Waals surface area contributed by atoms with Gasteiger partial charge in [0.05, 0.1) is 21.9 Å². The number of nitrogens with zero attached hydrogens (tertiary/aromatic N) is 2. The lowest BCUT2D eigenvalue weighted by molar-refractivity contribution is 0.645. The molecule has 0 unspecified atom stereocenters. The Kier molecular flexibility index (Phi) is 6.02. The zero-order valence-corrected chi connectivity index (χ0v) is 29.0. The molecule has 0 bridgehead atoms. The maximum atomic E-state index is 6.56. The predicted molar refractivity (Wildman–Crippen MR) is 223 cm³/mol. The molecular formula is C50H30N2O2. The Hall–Kier alpha value is -7.30. The van der Waals surface area contributed by atoms with E-state index in [0.717, 1.165) is 72.0 Å². The molecule has 0 saturated carbocycles. The van der Waals surface area contributed by atoms with Gasteiger partial charge in [-0.1, -0.05) is 97.1 Å².